The number of carbonyl (C=O) groups excluding carboxylic acids is 1. The van der Waals surface area contributed by atoms with Crippen LogP contribution >= 0.6 is 11.3 Å². The van der Waals surface area contributed by atoms with Crippen LogP contribution in [0.3, 0.4) is 0 Å². The van der Waals surface area contributed by atoms with Crippen LogP contribution in [0.15, 0.2) is 30.3 Å². The number of hydrogen-bond acceptors (Lipinski definition) is 3. The number of hydrogen-bond donors (Lipinski definition) is 2. The normalized spacial score (nSPS) is 14.2. The van der Waals surface area contributed by atoms with Gasteiger partial charge in [0.1, 0.15) is 0 Å². The smallest absolute Gasteiger partial charge is 0.261 e. The summed E-state index contributed by atoms with van der Waals surface area (Å²) >= 11 is 1.61. The van der Waals surface area contributed by atoms with Crippen molar-refractivity contribution in [2.75, 3.05) is 13.6 Å². The van der Waals surface area contributed by atoms with Crippen LogP contribution in [0, 0.1) is 0 Å². The highest BCUT2D eigenvalue weighted by Crippen LogP contribution is 2.39. The number of fused-ring (bicyclic) bond motifs is 3. The Bertz CT molecular complexity index is 663. The van der Waals surface area contributed by atoms with Gasteiger partial charge in [-0.25, -0.2) is 0 Å². The van der Waals surface area contributed by atoms with E-state index >= 15 is 0 Å². The lowest BCUT2D eigenvalue weighted by molar-refractivity contribution is 0.0954. The molecule has 1 amide bonds. The Morgan fingerprint density at radius 3 is 2.86 bits per heavy atom. The first kappa shape index (κ1) is 14.3. The first-order valence-corrected chi connectivity index (χ1v) is 8.17. The van der Waals surface area contributed by atoms with Crippen molar-refractivity contribution >= 4 is 17.2 Å². The summed E-state index contributed by atoms with van der Waals surface area (Å²) in [7, 11) is 1.90. The molecule has 3 rings (SSSR count). The molecule has 0 fully saturated rings. The summed E-state index contributed by atoms with van der Waals surface area (Å²) in [5.41, 5.74) is 4.00. The minimum atomic E-state index is 0.0361. The van der Waals surface area contributed by atoms with Gasteiger partial charge in [0.25, 0.3) is 5.91 Å². The van der Waals surface area contributed by atoms with E-state index in [0.29, 0.717) is 6.54 Å². The van der Waals surface area contributed by atoms with Gasteiger partial charge in [-0.1, -0.05) is 24.3 Å². The topological polar surface area (TPSA) is 41.1 Å². The predicted octanol–water partition coefficient (Wildman–Crippen LogP) is 2.85. The van der Waals surface area contributed by atoms with Crippen molar-refractivity contribution in [2.45, 2.75) is 25.8 Å². The highest BCUT2D eigenvalue weighted by Gasteiger charge is 2.21. The van der Waals surface area contributed by atoms with Crippen molar-refractivity contribution in [3.8, 4) is 10.4 Å². The van der Waals surface area contributed by atoms with Crippen LogP contribution < -0.4 is 10.6 Å². The van der Waals surface area contributed by atoms with Crippen LogP contribution in [-0.2, 0) is 12.8 Å². The van der Waals surface area contributed by atoms with Gasteiger partial charge >= 0.3 is 0 Å². The molecule has 2 N–H and O–H groups in total. The number of thiophene rings is 1. The first-order chi connectivity index (χ1) is 10.2. The van der Waals surface area contributed by atoms with Gasteiger partial charge in [0.2, 0.25) is 0 Å². The maximum absolute atomic E-state index is 12.3. The zero-order chi connectivity index (χ0) is 14.8. The van der Waals surface area contributed by atoms with E-state index in [1.165, 1.54) is 21.6 Å². The molecule has 21 heavy (non-hydrogen) atoms. The molecule has 110 valence electrons. The Morgan fingerprint density at radius 2 is 2.05 bits per heavy atom. The third-order valence-electron chi connectivity index (χ3n) is 4.02. The Morgan fingerprint density at radius 1 is 1.29 bits per heavy atom. The quantitative estimate of drug-likeness (QED) is 0.911. The fourth-order valence-electron chi connectivity index (χ4n) is 2.62. The van der Waals surface area contributed by atoms with Crippen LogP contribution in [0.2, 0.25) is 0 Å². The second-order valence-corrected chi connectivity index (χ2v) is 6.57. The SMILES string of the molecule is CNC(C)CNC(=O)c1cc2c(s1)-c1ccccc1CC2. The molecule has 2 aromatic rings. The minimum absolute atomic E-state index is 0.0361. The van der Waals surface area contributed by atoms with E-state index in [-0.39, 0.29) is 11.9 Å². The summed E-state index contributed by atoms with van der Waals surface area (Å²) in [6, 6.07) is 10.9. The lowest BCUT2D eigenvalue weighted by Gasteiger charge is -2.15. The van der Waals surface area contributed by atoms with Crippen molar-refractivity contribution < 1.29 is 4.79 Å². The van der Waals surface area contributed by atoms with E-state index in [1.807, 2.05) is 7.05 Å². The largest absolute Gasteiger partial charge is 0.350 e. The van der Waals surface area contributed by atoms with Crippen molar-refractivity contribution in [2.24, 2.45) is 0 Å². The lowest BCUT2D eigenvalue weighted by atomic mass is 9.91. The van der Waals surface area contributed by atoms with Gasteiger partial charge in [0, 0.05) is 17.5 Å². The second-order valence-electron chi connectivity index (χ2n) is 5.52. The van der Waals surface area contributed by atoms with E-state index in [1.54, 1.807) is 11.3 Å². The molecule has 1 atom stereocenters. The van der Waals surface area contributed by atoms with E-state index in [9.17, 15) is 4.79 Å². The minimum Gasteiger partial charge on any atom is -0.350 e. The standard InChI is InChI=1S/C17H20N2OS/c1-11(18-2)10-19-17(20)15-9-13-8-7-12-5-3-4-6-14(12)16(13)21-15/h3-6,9,11,18H,7-8,10H2,1-2H3,(H,19,20). The molecule has 0 bridgehead atoms. The van der Waals surface area contributed by atoms with Gasteiger partial charge in [0.05, 0.1) is 4.88 Å². The molecule has 1 heterocycles. The number of nitrogens with one attached hydrogen (secondary N) is 2. The molecule has 0 saturated heterocycles. The molecule has 4 heteroatoms. The summed E-state index contributed by atoms with van der Waals surface area (Å²) in [5.74, 6) is 0.0361. The second kappa shape index (κ2) is 6.00. The monoisotopic (exact) mass is 300 g/mol. The Labute approximate surface area is 129 Å². The molecule has 0 saturated carbocycles. The average molecular weight is 300 g/mol. The van der Waals surface area contributed by atoms with Gasteiger partial charge in [0.15, 0.2) is 0 Å². The molecule has 1 aromatic carbocycles. The third-order valence-corrected chi connectivity index (χ3v) is 5.23. The zero-order valence-corrected chi connectivity index (χ0v) is 13.2. The van der Waals surface area contributed by atoms with Gasteiger partial charge in [-0.2, -0.15) is 0 Å². The molecule has 0 aliphatic heterocycles. The number of likely N-dealkylation sites (N-methyl/N-ethyl adjacent to an activating group) is 1. The Hall–Kier alpha value is -1.65. The summed E-state index contributed by atoms with van der Waals surface area (Å²) < 4.78 is 0. The van der Waals surface area contributed by atoms with E-state index in [0.717, 1.165) is 17.7 Å². The summed E-state index contributed by atoms with van der Waals surface area (Å²) in [6.07, 6.45) is 2.10. The summed E-state index contributed by atoms with van der Waals surface area (Å²) in [5, 5.41) is 6.11. The number of carbonyl (C=O) groups is 1. The van der Waals surface area contributed by atoms with Crippen LogP contribution in [0.1, 0.15) is 27.7 Å². The highest BCUT2D eigenvalue weighted by atomic mass is 32.1. The van der Waals surface area contributed by atoms with Gasteiger partial charge in [-0.15, -0.1) is 11.3 Å². The fourth-order valence-corrected chi connectivity index (χ4v) is 3.81. The van der Waals surface area contributed by atoms with Crippen molar-refractivity contribution in [1.29, 1.82) is 0 Å². The molecule has 1 aliphatic carbocycles. The molecule has 0 radical (unpaired) electrons. The van der Waals surface area contributed by atoms with Crippen LogP contribution in [0.25, 0.3) is 10.4 Å². The van der Waals surface area contributed by atoms with E-state index in [2.05, 4.69) is 47.9 Å². The van der Waals surface area contributed by atoms with E-state index < -0.39 is 0 Å². The van der Waals surface area contributed by atoms with Gasteiger partial charge in [-0.05, 0) is 49.6 Å². The van der Waals surface area contributed by atoms with Gasteiger partial charge in [-0.3, -0.25) is 4.79 Å². The summed E-state index contributed by atoms with van der Waals surface area (Å²) in [4.78, 5) is 14.4. The van der Waals surface area contributed by atoms with E-state index in [4.69, 9.17) is 0 Å². The Kier molecular flexibility index (Phi) is 4.08. The van der Waals surface area contributed by atoms with Crippen LogP contribution in [0.4, 0.5) is 0 Å². The van der Waals surface area contributed by atoms with Crippen LogP contribution in [-0.4, -0.2) is 25.5 Å². The van der Waals surface area contributed by atoms with Crippen molar-refractivity contribution in [3.63, 3.8) is 0 Å². The lowest BCUT2D eigenvalue weighted by Crippen LogP contribution is -2.36. The number of amides is 1. The molecule has 3 nitrogen and oxygen atoms in total. The molecule has 0 spiro atoms. The Balaban J connectivity index is 1.82. The molecular weight excluding hydrogens is 280 g/mol. The number of rotatable bonds is 4. The predicted molar refractivity (Wildman–Crippen MR) is 88.0 cm³/mol. The maximum Gasteiger partial charge on any atom is 0.261 e. The van der Waals surface area contributed by atoms with Gasteiger partial charge < -0.3 is 10.6 Å². The molecular formula is C17H20N2OS. The number of aryl methyl sites for hydroxylation is 2. The van der Waals surface area contributed by atoms with Crippen LogP contribution in [0.5, 0.6) is 0 Å². The van der Waals surface area contributed by atoms with Crippen molar-refractivity contribution in [1.82, 2.24) is 10.6 Å². The molecule has 1 aliphatic rings. The molecule has 1 aromatic heterocycles. The third kappa shape index (κ3) is 2.87. The maximum atomic E-state index is 12.3. The first-order valence-electron chi connectivity index (χ1n) is 7.35. The fraction of sp³-hybridized carbons (Fsp3) is 0.353. The average Bonchev–Trinajstić information content (AvgIpc) is 2.96. The zero-order valence-electron chi connectivity index (χ0n) is 12.4. The molecule has 1 unspecified atom stereocenters. The summed E-state index contributed by atoms with van der Waals surface area (Å²) in [6.45, 7) is 2.70. The number of benzene rings is 1. The highest BCUT2D eigenvalue weighted by molar-refractivity contribution is 7.17. The van der Waals surface area contributed by atoms with Crippen molar-refractivity contribution in [3.05, 3.63) is 46.3 Å².